The number of aromatic hydroxyl groups is 1. The first-order chi connectivity index (χ1) is 8.65. The maximum atomic E-state index is 13.0. The maximum Gasteiger partial charge on any atom is 0.187 e. The van der Waals surface area contributed by atoms with Crippen molar-refractivity contribution in [2.75, 3.05) is 0 Å². The molecule has 1 nitrogen and oxygen atoms in total. The van der Waals surface area contributed by atoms with Crippen LogP contribution in [0.2, 0.25) is 0 Å². The van der Waals surface area contributed by atoms with Crippen molar-refractivity contribution in [2.24, 2.45) is 5.92 Å². The summed E-state index contributed by atoms with van der Waals surface area (Å²) in [7, 11) is 0. The van der Waals surface area contributed by atoms with Gasteiger partial charge < -0.3 is 5.11 Å². The highest BCUT2D eigenvalue weighted by atomic mass is 19.1. The zero-order valence-electron chi connectivity index (χ0n) is 12.8. The molecule has 0 unspecified atom stereocenters. The normalized spacial score (nSPS) is 11.2. The van der Waals surface area contributed by atoms with E-state index in [1.807, 2.05) is 20.8 Å². The van der Waals surface area contributed by atoms with E-state index in [0.29, 0.717) is 5.56 Å². The van der Waals surface area contributed by atoms with Crippen LogP contribution in [-0.4, -0.2) is 5.11 Å². The highest BCUT2D eigenvalue weighted by molar-refractivity contribution is 5.33. The number of hydrogen-bond donors (Lipinski definition) is 1. The first-order valence-corrected chi connectivity index (χ1v) is 6.84. The maximum absolute atomic E-state index is 13.0. The smallest absolute Gasteiger partial charge is 0.187 e. The molecular formula is C16H26F2O. The molecule has 1 aromatic rings. The fourth-order valence-electron chi connectivity index (χ4n) is 1.16. The molecule has 0 aromatic heterocycles. The minimum Gasteiger partial charge on any atom is -0.503 e. The molecule has 0 amide bonds. The standard InChI is InChI=1S/C11H14F2O.C5H12/c1-4-11(2,3)7-5-8(12)10(14)9(13)6-7;1-4-5(2)3/h5-6,14H,4H2,1-3H3;5H,4H2,1-3H3. The lowest BCUT2D eigenvalue weighted by atomic mass is 9.82. The van der Waals surface area contributed by atoms with Gasteiger partial charge >= 0.3 is 0 Å². The zero-order valence-corrected chi connectivity index (χ0v) is 12.8. The van der Waals surface area contributed by atoms with Crippen molar-refractivity contribution >= 4 is 0 Å². The van der Waals surface area contributed by atoms with Gasteiger partial charge in [0.05, 0.1) is 0 Å². The van der Waals surface area contributed by atoms with Crippen molar-refractivity contribution in [2.45, 2.75) is 59.8 Å². The van der Waals surface area contributed by atoms with E-state index in [-0.39, 0.29) is 5.41 Å². The topological polar surface area (TPSA) is 20.2 Å². The van der Waals surface area contributed by atoms with Gasteiger partial charge in [-0.3, -0.25) is 0 Å². The number of halogens is 2. The molecule has 3 heteroatoms. The van der Waals surface area contributed by atoms with Crippen LogP contribution in [0.3, 0.4) is 0 Å². The van der Waals surface area contributed by atoms with Gasteiger partial charge in [-0.05, 0) is 35.4 Å². The number of phenols is 1. The van der Waals surface area contributed by atoms with E-state index in [4.69, 9.17) is 5.11 Å². The van der Waals surface area contributed by atoms with Crippen molar-refractivity contribution in [3.63, 3.8) is 0 Å². The molecule has 0 aliphatic carbocycles. The largest absolute Gasteiger partial charge is 0.503 e. The summed E-state index contributed by atoms with van der Waals surface area (Å²) in [6.45, 7) is 12.4. The molecule has 19 heavy (non-hydrogen) atoms. The lowest BCUT2D eigenvalue weighted by molar-refractivity contribution is 0.391. The molecule has 0 bridgehead atoms. The van der Waals surface area contributed by atoms with Gasteiger partial charge in [-0.1, -0.05) is 48.0 Å². The van der Waals surface area contributed by atoms with Crippen LogP contribution in [0, 0.1) is 17.6 Å². The lowest BCUT2D eigenvalue weighted by Crippen LogP contribution is -2.16. The van der Waals surface area contributed by atoms with Gasteiger partial charge in [0, 0.05) is 0 Å². The van der Waals surface area contributed by atoms with Gasteiger partial charge in [0.2, 0.25) is 0 Å². The summed E-state index contributed by atoms with van der Waals surface area (Å²) >= 11 is 0. The van der Waals surface area contributed by atoms with E-state index in [1.165, 1.54) is 18.6 Å². The molecule has 0 heterocycles. The summed E-state index contributed by atoms with van der Waals surface area (Å²) < 4.78 is 26.0. The van der Waals surface area contributed by atoms with Gasteiger partial charge in [-0.15, -0.1) is 0 Å². The fraction of sp³-hybridized carbons (Fsp3) is 0.625. The quantitative estimate of drug-likeness (QED) is 0.780. The Hall–Kier alpha value is -1.12. The predicted molar refractivity (Wildman–Crippen MR) is 76.5 cm³/mol. The second-order valence-corrected chi connectivity index (χ2v) is 5.83. The minimum atomic E-state index is -0.902. The molecule has 1 N–H and O–H groups in total. The Morgan fingerprint density at radius 3 is 1.74 bits per heavy atom. The third-order valence-corrected chi connectivity index (χ3v) is 3.50. The molecular weight excluding hydrogens is 246 g/mol. The summed E-state index contributed by atoms with van der Waals surface area (Å²) in [6.07, 6.45) is 2.08. The van der Waals surface area contributed by atoms with E-state index < -0.39 is 17.4 Å². The highest BCUT2D eigenvalue weighted by Crippen LogP contribution is 2.31. The van der Waals surface area contributed by atoms with Crippen molar-refractivity contribution in [1.82, 2.24) is 0 Å². The van der Waals surface area contributed by atoms with E-state index >= 15 is 0 Å². The molecule has 0 aliphatic heterocycles. The van der Waals surface area contributed by atoms with E-state index in [9.17, 15) is 8.78 Å². The molecule has 1 rings (SSSR count). The molecule has 1 aromatic carbocycles. The fourth-order valence-corrected chi connectivity index (χ4v) is 1.16. The second kappa shape index (κ2) is 7.46. The third kappa shape index (κ3) is 5.58. The van der Waals surface area contributed by atoms with Crippen LogP contribution in [0.15, 0.2) is 12.1 Å². The van der Waals surface area contributed by atoms with Gasteiger partial charge in [-0.25, -0.2) is 8.78 Å². The molecule has 0 spiro atoms. The van der Waals surface area contributed by atoms with Crippen LogP contribution in [0.25, 0.3) is 0 Å². The van der Waals surface area contributed by atoms with Crippen molar-refractivity contribution in [3.05, 3.63) is 29.3 Å². The Balaban J connectivity index is 0.000000555. The summed E-state index contributed by atoms with van der Waals surface area (Å²) in [6, 6.07) is 2.36. The van der Waals surface area contributed by atoms with Gasteiger partial charge in [0.15, 0.2) is 17.4 Å². The van der Waals surface area contributed by atoms with Gasteiger partial charge in [0.25, 0.3) is 0 Å². The Morgan fingerprint density at radius 1 is 1.11 bits per heavy atom. The van der Waals surface area contributed by atoms with Crippen LogP contribution < -0.4 is 0 Å². The molecule has 0 aliphatic rings. The number of hydrogen-bond acceptors (Lipinski definition) is 1. The first-order valence-electron chi connectivity index (χ1n) is 6.84. The summed E-state index contributed by atoms with van der Waals surface area (Å²) in [4.78, 5) is 0. The molecule has 0 radical (unpaired) electrons. The predicted octanol–water partition coefficient (Wildman–Crippen LogP) is 5.41. The lowest BCUT2D eigenvalue weighted by Gasteiger charge is -2.23. The van der Waals surface area contributed by atoms with Gasteiger partial charge in [0.1, 0.15) is 0 Å². The molecule has 0 atom stereocenters. The average molecular weight is 272 g/mol. The second-order valence-electron chi connectivity index (χ2n) is 5.83. The Bertz CT molecular complexity index is 375. The summed E-state index contributed by atoms with van der Waals surface area (Å²) in [5, 5.41) is 8.92. The highest BCUT2D eigenvalue weighted by Gasteiger charge is 2.21. The third-order valence-electron chi connectivity index (χ3n) is 3.50. The van der Waals surface area contributed by atoms with E-state index in [1.54, 1.807) is 0 Å². The Morgan fingerprint density at radius 2 is 1.47 bits per heavy atom. The molecule has 0 saturated carbocycles. The number of benzene rings is 1. The summed E-state index contributed by atoms with van der Waals surface area (Å²) in [5.41, 5.74) is 0.280. The van der Waals surface area contributed by atoms with Crippen molar-refractivity contribution in [3.8, 4) is 5.75 Å². The number of phenolic OH excluding ortho intramolecular Hbond substituents is 1. The molecule has 0 fully saturated rings. The Labute approximate surface area is 115 Å². The SMILES string of the molecule is CCC(C)(C)c1cc(F)c(O)c(F)c1.CCC(C)C. The van der Waals surface area contributed by atoms with E-state index in [2.05, 4.69) is 20.8 Å². The zero-order chi connectivity index (χ0) is 15.2. The molecule has 110 valence electrons. The Kier molecular flexibility index (Phi) is 7.02. The van der Waals surface area contributed by atoms with Crippen LogP contribution in [0.1, 0.15) is 59.9 Å². The minimum absolute atomic E-state index is 0.282. The first kappa shape index (κ1) is 17.9. The summed E-state index contributed by atoms with van der Waals surface area (Å²) in [5.74, 6) is -1.82. The van der Waals surface area contributed by atoms with Crippen molar-refractivity contribution < 1.29 is 13.9 Å². The van der Waals surface area contributed by atoms with Crippen LogP contribution in [0.5, 0.6) is 5.75 Å². The van der Waals surface area contributed by atoms with Gasteiger partial charge in [-0.2, -0.15) is 0 Å². The number of rotatable bonds is 3. The van der Waals surface area contributed by atoms with Crippen LogP contribution >= 0.6 is 0 Å². The van der Waals surface area contributed by atoms with Crippen LogP contribution in [-0.2, 0) is 5.41 Å². The van der Waals surface area contributed by atoms with E-state index in [0.717, 1.165) is 12.3 Å². The van der Waals surface area contributed by atoms with Crippen LogP contribution in [0.4, 0.5) is 8.78 Å². The molecule has 0 saturated heterocycles. The monoisotopic (exact) mass is 272 g/mol. The van der Waals surface area contributed by atoms with Crippen molar-refractivity contribution in [1.29, 1.82) is 0 Å². The average Bonchev–Trinajstić information content (AvgIpc) is 2.35.